The highest BCUT2D eigenvalue weighted by Gasteiger charge is 2.26. The van der Waals surface area contributed by atoms with Gasteiger partial charge in [-0.25, -0.2) is 4.98 Å². The van der Waals surface area contributed by atoms with Crippen molar-refractivity contribution in [1.82, 2.24) is 9.88 Å². The normalized spacial score (nSPS) is 17.3. The highest BCUT2D eigenvalue weighted by atomic mass is 32.2. The summed E-state index contributed by atoms with van der Waals surface area (Å²) in [5.41, 5.74) is 0.984. The van der Waals surface area contributed by atoms with Crippen molar-refractivity contribution in [2.45, 2.75) is 43.9 Å². The van der Waals surface area contributed by atoms with E-state index in [0.717, 1.165) is 17.0 Å². The minimum absolute atomic E-state index is 0.210. The molecule has 0 saturated heterocycles. The zero-order chi connectivity index (χ0) is 17.9. The molecule has 2 aromatic heterocycles. The minimum Gasteiger partial charge on any atom is -0.459 e. The quantitative estimate of drug-likeness (QED) is 0.844. The van der Waals surface area contributed by atoms with Gasteiger partial charge in [-0.15, -0.1) is 11.8 Å². The summed E-state index contributed by atoms with van der Waals surface area (Å²) in [6.45, 7) is 1.29. The Hall–Kier alpha value is -1.80. The van der Waals surface area contributed by atoms with E-state index in [0.29, 0.717) is 29.2 Å². The second-order valence-corrected chi connectivity index (χ2v) is 8.98. The van der Waals surface area contributed by atoms with Crippen molar-refractivity contribution in [3.63, 3.8) is 0 Å². The lowest BCUT2D eigenvalue weighted by Crippen LogP contribution is -2.36. The lowest BCUT2D eigenvalue weighted by atomic mass is 10.2. The van der Waals surface area contributed by atoms with Gasteiger partial charge in [0.15, 0.2) is 10.9 Å². The van der Waals surface area contributed by atoms with E-state index in [-0.39, 0.29) is 17.6 Å². The van der Waals surface area contributed by atoms with E-state index in [1.54, 1.807) is 12.1 Å². The van der Waals surface area contributed by atoms with Crippen molar-refractivity contribution in [1.29, 1.82) is 0 Å². The molecule has 1 N–H and O–H groups in total. The van der Waals surface area contributed by atoms with Crippen molar-refractivity contribution in [3.05, 3.63) is 34.7 Å². The number of aromatic nitrogens is 1. The largest absolute Gasteiger partial charge is 0.459 e. The molecule has 2 amide bonds. The summed E-state index contributed by atoms with van der Waals surface area (Å²) < 4.78 is 5.10. The summed E-state index contributed by atoms with van der Waals surface area (Å²) in [5, 5.41) is 3.99. The van der Waals surface area contributed by atoms with E-state index in [9.17, 15) is 9.59 Å². The highest BCUT2D eigenvalue weighted by Crippen LogP contribution is 2.31. The first-order chi connectivity index (χ1) is 12.7. The van der Waals surface area contributed by atoms with Gasteiger partial charge in [-0.05, 0) is 25.0 Å². The van der Waals surface area contributed by atoms with Crippen molar-refractivity contribution in [2.24, 2.45) is 0 Å². The number of anilines is 1. The Labute approximate surface area is 160 Å². The van der Waals surface area contributed by atoms with Gasteiger partial charge in [-0.2, -0.15) is 0 Å². The van der Waals surface area contributed by atoms with Gasteiger partial charge in [0.05, 0.1) is 24.3 Å². The Kier molecular flexibility index (Phi) is 5.31. The zero-order valence-electron chi connectivity index (χ0n) is 14.4. The van der Waals surface area contributed by atoms with Crippen molar-refractivity contribution >= 4 is 40.0 Å². The first-order valence-electron chi connectivity index (χ1n) is 8.92. The van der Waals surface area contributed by atoms with Gasteiger partial charge in [-0.3, -0.25) is 14.9 Å². The smallest absolute Gasteiger partial charge is 0.293 e. The molecule has 26 heavy (non-hydrogen) atoms. The second-order valence-electron chi connectivity index (χ2n) is 6.60. The molecule has 0 bridgehead atoms. The third-order valence-electron chi connectivity index (χ3n) is 4.79. The van der Waals surface area contributed by atoms with Crippen LogP contribution >= 0.6 is 23.1 Å². The Morgan fingerprint density at radius 2 is 2.23 bits per heavy atom. The van der Waals surface area contributed by atoms with Gasteiger partial charge in [0.25, 0.3) is 5.91 Å². The summed E-state index contributed by atoms with van der Waals surface area (Å²) in [6, 6.07) is 3.29. The molecule has 2 aromatic rings. The van der Waals surface area contributed by atoms with E-state index < -0.39 is 0 Å². The summed E-state index contributed by atoms with van der Waals surface area (Å²) >= 11 is 3.25. The van der Waals surface area contributed by atoms with Crippen LogP contribution in [-0.2, 0) is 17.8 Å². The highest BCUT2D eigenvalue weighted by molar-refractivity contribution is 8.00. The first-order valence-corrected chi connectivity index (χ1v) is 10.8. The number of thioether (sulfide) groups is 1. The summed E-state index contributed by atoms with van der Waals surface area (Å²) in [4.78, 5) is 32.1. The molecule has 0 atom stereocenters. The van der Waals surface area contributed by atoms with Crippen molar-refractivity contribution in [3.8, 4) is 0 Å². The lowest BCUT2D eigenvalue weighted by molar-refractivity contribution is -0.129. The maximum absolute atomic E-state index is 12.5. The number of amides is 2. The number of hydrogen-bond donors (Lipinski definition) is 1. The number of nitrogens with zero attached hydrogens (tertiary/aromatic N) is 2. The van der Waals surface area contributed by atoms with Gasteiger partial charge >= 0.3 is 0 Å². The SMILES string of the molecule is O=C(Nc1nc2c(s1)CN(C(=O)CSC1CCCC1)CC2)c1ccco1. The van der Waals surface area contributed by atoms with Crippen molar-refractivity contribution in [2.75, 3.05) is 17.6 Å². The molecule has 0 aromatic carbocycles. The van der Waals surface area contributed by atoms with Crippen molar-refractivity contribution < 1.29 is 14.0 Å². The number of thiazole rings is 1. The fraction of sp³-hybridized carbons (Fsp3) is 0.500. The van der Waals surface area contributed by atoms with E-state index in [1.807, 2.05) is 16.7 Å². The summed E-state index contributed by atoms with van der Waals surface area (Å²) in [5.74, 6) is 0.740. The molecule has 3 heterocycles. The Balaban J connectivity index is 1.34. The van der Waals surface area contributed by atoms with Crippen LogP contribution in [0.25, 0.3) is 0 Å². The zero-order valence-corrected chi connectivity index (χ0v) is 16.0. The average Bonchev–Trinajstić information content (AvgIpc) is 3.39. The molecule has 0 unspecified atom stereocenters. The van der Waals surface area contributed by atoms with E-state index in [2.05, 4.69) is 10.3 Å². The van der Waals surface area contributed by atoms with Crippen LogP contribution in [-0.4, -0.2) is 39.2 Å². The predicted molar refractivity (Wildman–Crippen MR) is 103 cm³/mol. The van der Waals surface area contributed by atoms with Gasteiger partial charge in [0, 0.05) is 23.1 Å². The average molecular weight is 392 g/mol. The van der Waals surface area contributed by atoms with E-state index >= 15 is 0 Å². The van der Waals surface area contributed by atoms with Crippen LogP contribution in [0.3, 0.4) is 0 Å². The van der Waals surface area contributed by atoms with Gasteiger partial charge in [0.1, 0.15) is 0 Å². The maximum Gasteiger partial charge on any atom is 0.293 e. The molecule has 138 valence electrons. The van der Waals surface area contributed by atoms with Crippen LogP contribution < -0.4 is 5.32 Å². The number of hydrogen-bond acceptors (Lipinski definition) is 6. The molecular weight excluding hydrogens is 370 g/mol. The number of carbonyl (C=O) groups is 2. The predicted octanol–water partition coefficient (Wildman–Crippen LogP) is 3.55. The van der Waals surface area contributed by atoms with Crippen LogP contribution in [0.4, 0.5) is 5.13 Å². The topological polar surface area (TPSA) is 75.4 Å². The van der Waals surface area contributed by atoms with Gasteiger partial charge in [-0.1, -0.05) is 24.2 Å². The molecule has 0 spiro atoms. The second kappa shape index (κ2) is 7.84. The fourth-order valence-electron chi connectivity index (χ4n) is 3.36. The molecule has 1 saturated carbocycles. The summed E-state index contributed by atoms with van der Waals surface area (Å²) in [6.07, 6.45) is 7.29. The standard InChI is InChI=1S/C18H21N3O3S2/c22-16(11-25-12-4-1-2-5-12)21-8-7-13-15(10-21)26-18(19-13)20-17(23)14-6-3-9-24-14/h3,6,9,12H,1-2,4-5,7-8,10-11H2,(H,19,20,23). The lowest BCUT2D eigenvalue weighted by Gasteiger charge is -2.26. The molecule has 8 heteroatoms. The maximum atomic E-state index is 12.5. The number of rotatable bonds is 5. The number of furan rings is 1. The number of fused-ring (bicyclic) bond motifs is 1. The van der Waals surface area contributed by atoms with Crippen LogP contribution in [0.15, 0.2) is 22.8 Å². The minimum atomic E-state index is -0.304. The van der Waals surface area contributed by atoms with E-state index in [4.69, 9.17) is 4.42 Å². The Morgan fingerprint density at radius 3 is 3.00 bits per heavy atom. The molecule has 1 aliphatic carbocycles. The molecule has 1 aliphatic heterocycles. The Morgan fingerprint density at radius 1 is 1.38 bits per heavy atom. The molecule has 2 aliphatic rings. The molecule has 0 radical (unpaired) electrons. The molecule has 1 fully saturated rings. The molecule has 4 rings (SSSR count). The van der Waals surface area contributed by atoms with Crippen LogP contribution in [0.2, 0.25) is 0 Å². The van der Waals surface area contributed by atoms with Gasteiger partial charge < -0.3 is 9.32 Å². The third kappa shape index (κ3) is 3.96. The van der Waals surface area contributed by atoms with E-state index in [1.165, 1.54) is 43.3 Å². The van der Waals surface area contributed by atoms with Crippen LogP contribution in [0.5, 0.6) is 0 Å². The number of carbonyl (C=O) groups excluding carboxylic acids is 2. The van der Waals surface area contributed by atoms with Crippen LogP contribution in [0, 0.1) is 0 Å². The summed E-state index contributed by atoms with van der Waals surface area (Å²) in [7, 11) is 0. The Bertz CT molecular complexity index is 782. The fourth-order valence-corrected chi connectivity index (χ4v) is 5.61. The molecular formula is C18H21N3O3S2. The monoisotopic (exact) mass is 391 g/mol. The van der Waals surface area contributed by atoms with Crippen LogP contribution in [0.1, 0.15) is 46.8 Å². The molecule has 6 nitrogen and oxygen atoms in total. The number of nitrogens with one attached hydrogen (secondary N) is 1. The van der Waals surface area contributed by atoms with Gasteiger partial charge in [0.2, 0.25) is 5.91 Å². The first kappa shape index (κ1) is 17.6. The third-order valence-corrected chi connectivity index (χ3v) is 7.15.